The van der Waals surface area contributed by atoms with E-state index in [0.717, 1.165) is 59.4 Å². The Bertz CT molecular complexity index is 2900. The summed E-state index contributed by atoms with van der Waals surface area (Å²) in [6.45, 7) is 16.9. The monoisotopic (exact) mass is 971 g/mol. The van der Waals surface area contributed by atoms with E-state index in [-0.39, 0.29) is 38.1 Å². The van der Waals surface area contributed by atoms with Crippen molar-refractivity contribution in [2.75, 3.05) is 19.8 Å². The molecule has 5 atom stereocenters. The third-order valence-corrected chi connectivity index (χ3v) is 14.6. The molecule has 5 heterocycles. The first-order chi connectivity index (χ1) is 32.9. The van der Waals surface area contributed by atoms with Gasteiger partial charge in [-0.3, -0.25) is 29.3 Å². The fourth-order valence-electron chi connectivity index (χ4n) is 8.63. The number of benzene rings is 3. The number of nitrogens with one attached hydrogen (secondary N) is 3. The lowest BCUT2D eigenvalue weighted by Crippen LogP contribution is -2.58. The molecule has 8 rings (SSSR count). The normalized spacial score (nSPS) is 17.4. The average molecular weight is 972 g/mol. The topological polar surface area (TPSA) is 202 Å². The third-order valence-electron chi connectivity index (χ3n) is 12.5. The molecule has 1 fully saturated rings. The molecule has 0 radical (unpaired) electrons. The van der Waals surface area contributed by atoms with Crippen LogP contribution in [0.1, 0.15) is 97.7 Å². The molecule has 3 aromatic carbocycles. The van der Waals surface area contributed by atoms with Gasteiger partial charge in [0.15, 0.2) is 18.6 Å². The maximum absolute atomic E-state index is 14.2. The van der Waals surface area contributed by atoms with Gasteiger partial charge in [0.2, 0.25) is 11.8 Å². The number of aliphatic hydroxyl groups is 1. The van der Waals surface area contributed by atoms with Crippen molar-refractivity contribution in [1.82, 2.24) is 40.6 Å². The number of β-amino-alcohol motifs (C(OH)–C–C–N with tert-alkyl or cyclic N) is 1. The Morgan fingerprint density at radius 2 is 1.54 bits per heavy atom. The summed E-state index contributed by atoms with van der Waals surface area (Å²) in [6.07, 6.45) is -2.27. The lowest BCUT2D eigenvalue weighted by atomic mass is 9.85. The largest absolute Gasteiger partial charge is 0.484 e. The van der Waals surface area contributed by atoms with E-state index in [2.05, 4.69) is 45.0 Å². The number of aryl methyl sites for hydroxylation is 3. The van der Waals surface area contributed by atoms with Crippen LogP contribution < -0.4 is 20.7 Å². The Balaban J connectivity index is 0.906. The minimum absolute atomic E-state index is 0.0364. The van der Waals surface area contributed by atoms with E-state index in [1.54, 1.807) is 41.7 Å². The number of carbonyl (C=O) groups excluding carboxylic acids is 4. The Kier molecular flexibility index (Phi) is 14.2. The van der Waals surface area contributed by atoms with E-state index in [0.29, 0.717) is 23.1 Å². The number of aromatic nitrogens is 4. The molecular formula is C51H57N9O7S2. The van der Waals surface area contributed by atoms with Gasteiger partial charge in [-0.05, 0) is 86.9 Å². The maximum Gasteiger partial charge on any atom is 0.409 e. The summed E-state index contributed by atoms with van der Waals surface area (Å²) < 4.78 is 13.1. The second kappa shape index (κ2) is 20.1. The Morgan fingerprint density at radius 1 is 0.884 bits per heavy atom. The van der Waals surface area contributed by atoms with Gasteiger partial charge in [-0.15, -0.1) is 32.9 Å². The van der Waals surface area contributed by atoms with Gasteiger partial charge in [-0.2, -0.15) is 0 Å². The Labute approximate surface area is 409 Å². The Hall–Kier alpha value is -6.76. The molecule has 2 aliphatic rings. The highest BCUT2D eigenvalue weighted by Crippen LogP contribution is 2.39. The number of nitrogens with zero attached hydrogens (tertiary/aromatic N) is 6. The summed E-state index contributed by atoms with van der Waals surface area (Å²) in [6, 6.07) is 21.0. The van der Waals surface area contributed by atoms with Gasteiger partial charge >= 0.3 is 6.09 Å². The van der Waals surface area contributed by atoms with Crippen LogP contribution in [0.5, 0.6) is 5.75 Å². The van der Waals surface area contributed by atoms with Crippen molar-refractivity contribution in [1.29, 1.82) is 0 Å². The van der Waals surface area contributed by atoms with Crippen LogP contribution in [-0.4, -0.2) is 97.2 Å². The summed E-state index contributed by atoms with van der Waals surface area (Å²) in [5, 5.41) is 29.1. The molecule has 18 heteroatoms. The van der Waals surface area contributed by atoms with Crippen LogP contribution in [0.2, 0.25) is 0 Å². The molecule has 3 aromatic heterocycles. The van der Waals surface area contributed by atoms with Crippen LogP contribution >= 0.6 is 22.7 Å². The van der Waals surface area contributed by atoms with Crippen LogP contribution in [0.25, 0.3) is 26.6 Å². The van der Waals surface area contributed by atoms with E-state index in [4.69, 9.17) is 14.5 Å². The third kappa shape index (κ3) is 10.3. The first-order valence-electron chi connectivity index (χ1n) is 22.9. The molecule has 6 aromatic rings. The van der Waals surface area contributed by atoms with Crippen molar-refractivity contribution in [3.8, 4) is 32.3 Å². The highest BCUT2D eigenvalue weighted by Gasteiger charge is 2.45. The highest BCUT2D eigenvalue weighted by atomic mass is 32.1. The number of ether oxygens (including phenoxy) is 2. The van der Waals surface area contributed by atoms with Crippen LogP contribution in [0.15, 0.2) is 83.3 Å². The minimum atomic E-state index is -1.01. The molecule has 0 spiro atoms. The van der Waals surface area contributed by atoms with Crippen molar-refractivity contribution >= 4 is 52.2 Å². The average Bonchev–Trinajstić information content (AvgIpc) is 4.09. The number of amides is 4. The standard InChI is InChI=1S/C51H57N9O7S2/c1-10-66-50(65)56-45-46-58-57-31(6)60(46)49-41(27(2)30(5)69-49)42(55-45)35-15-13-33(14-16-35)34-19-21-38(22-20-34)67-25-40(62)54-44(51(7,8)9)48(64)59-24-37(61)23-39(59)47(63)53-28(3)32-11-17-36(18-12-32)43-29(4)52-26-68-43/h11-22,26,28,37,39,44-45,61H,10,23-25H2,1-9H3,(H,53,63)(H,54,62)(H,56,65)/t28-,37+,39-,44+,45?/m0/s1. The second-order valence-corrected chi connectivity index (χ2v) is 20.5. The molecule has 1 saturated heterocycles. The molecular weight excluding hydrogens is 915 g/mol. The number of carbonyl (C=O) groups is 4. The SMILES string of the molecule is CCOC(=O)NC1N=C(c2ccc(-c3ccc(OCC(=O)N[C@H](C(=O)N4C[C@H](O)C[C@H]4C(=O)N[C@@H](C)c4ccc(-c5scnc5C)cc4)C(C)(C)C)cc3)cc2)c2c(sc(C)c2C)-n2c(C)nnc21. The van der Waals surface area contributed by atoms with Crippen molar-refractivity contribution < 1.29 is 33.8 Å². The lowest BCUT2D eigenvalue weighted by Gasteiger charge is -2.35. The number of alkyl carbamates (subject to hydrolysis) is 1. The van der Waals surface area contributed by atoms with Gasteiger partial charge in [0.25, 0.3) is 5.91 Å². The van der Waals surface area contributed by atoms with Crippen molar-refractivity contribution in [3.63, 3.8) is 0 Å². The molecule has 2 aliphatic heterocycles. The van der Waals surface area contributed by atoms with Crippen LogP contribution in [0, 0.1) is 33.1 Å². The smallest absolute Gasteiger partial charge is 0.409 e. The number of thiazole rings is 1. The van der Waals surface area contributed by atoms with E-state index in [9.17, 15) is 24.3 Å². The molecule has 16 nitrogen and oxygen atoms in total. The van der Waals surface area contributed by atoms with Gasteiger partial charge in [0.1, 0.15) is 28.7 Å². The molecule has 69 heavy (non-hydrogen) atoms. The molecule has 4 amide bonds. The molecule has 0 aliphatic carbocycles. The first-order valence-corrected chi connectivity index (χ1v) is 24.6. The molecule has 1 unspecified atom stereocenters. The quantitative estimate of drug-likeness (QED) is 0.0889. The summed E-state index contributed by atoms with van der Waals surface area (Å²) in [4.78, 5) is 67.1. The first kappa shape index (κ1) is 48.7. The number of fused-ring (bicyclic) bond motifs is 3. The number of rotatable bonds is 13. The predicted octanol–water partition coefficient (Wildman–Crippen LogP) is 7.70. The van der Waals surface area contributed by atoms with E-state index in [1.165, 1.54) is 4.90 Å². The van der Waals surface area contributed by atoms with E-state index >= 15 is 0 Å². The zero-order valence-electron chi connectivity index (χ0n) is 40.1. The van der Waals surface area contributed by atoms with Crippen molar-refractivity contribution in [3.05, 3.63) is 123 Å². The van der Waals surface area contributed by atoms with Crippen LogP contribution in [0.3, 0.4) is 0 Å². The minimum Gasteiger partial charge on any atom is -0.484 e. The number of hydrogen-bond donors (Lipinski definition) is 4. The molecule has 4 N–H and O–H groups in total. The highest BCUT2D eigenvalue weighted by molar-refractivity contribution is 7.15. The van der Waals surface area contributed by atoms with E-state index < -0.39 is 47.7 Å². The number of aliphatic hydroxyl groups excluding tert-OH is 1. The fraction of sp³-hybridized carbons (Fsp3) is 0.373. The van der Waals surface area contributed by atoms with Gasteiger partial charge in [0.05, 0.1) is 40.5 Å². The zero-order chi connectivity index (χ0) is 49.3. The summed E-state index contributed by atoms with van der Waals surface area (Å²) in [5.74, 6) is 0.269. The predicted molar refractivity (Wildman–Crippen MR) is 266 cm³/mol. The molecule has 360 valence electrons. The molecule has 0 bridgehead atoms. The van der Waals surface area contributed by atoms with Crippen molar-refractivity contribution in [2.24, 2.45) is 10.4 Å². The fourth-order valence-corrected chi connectivity index (χ4v) is 10.7. The van der Waals surface area contributed by atoms with Gasteiger partial charge in [-0.1, -0.05) is 81.4 Å². The van der Waals surface area contributed by atoms with Crippen molar-refractivity contribution in [2.45, 2.75) is 99.1 Å². The number of thiophene rings is 1. The zero-order valence-corrected chi connectivity index (χ0v) is 41.8. The summed E-state index contributed by atoms with van der Waals surface area (Å²) in [7, 11) is 0. The van der Waals surface area contributed by atoms with Gasteiger partial charge in [-0.25, -0.2) is 9.78 Å². The van der Waals surface area contributed by atoms with Gasteiger partial charge < -0.3 is 30.1 Å². The summed E-state index contributed by atoms with van der Waals surface area (Å²) in [5.41, 5.74) is 9.38. The number of aliphatic imine (C=N–C) groups is 1. The maximum atomic E-state index is 14.2. The van der Waals surface area contributed by atoms with Gasteiger partial charge in [0, 0.05) is 29.0 Å². The molecule has 0 saturated carbocycles. The summed E-state index contributed by atoms with van der Waals surface area (Å²) >= 11 is 3.19. The lowest BCUT2D eigenvalue weighted by molar-refractivity contribution is -0.144. The van der Waals surface area contributed by atoms with Crippen LogP contribution in [-0.2, 0) is 19.1 Å². The number of hydrogen-bond acceptors (Lipinski definition) is 13. The Morgan fingerprint density at radius 3 is 2.17 bits per heavy atom. The van der Waals surface area contributed by atoms with E-state index in [1.807, 2.05) is 112 Å². The second-order valence-electron chi connectivity index (χ2n) is 18.4. The van der Waals surface area contributed by atoms with Crippen LogP contribution in [0.4, 0.5) is 4.79 Å². The number of likely N-dealkylation sites (tertiary alicyclic amines) is 1.